The van der Waals surface area contributed by atoms with Crippen molar-refractivity contribution in [1.29, 1.82) is 0 Å². The summed E-state index contributed by atoms with van der Waals surface area (Å²) >= 11 is 0. The lowest BCUT2D eigenvalue weighted by Crippen LogP contribution is -2.30. The van der Waals surface area contributed by atoms with Gasteiger partial charge in [0.15, 0.2) is 0 Å². The number of anilines is 1. The summed E-state index contributed by atoms with van der Waals surface area (Å²) in [5.74, 6) is 1.69. The summed E-state index contributed by atoms with van der Waals surface area (Å²) < 4.78 is 5.74. The summed E-state index contributed by atoms with van der Waals surface area (Å²) in [7, 11) is 0. The zero-order valence-electron chi connectivity index (χ0n) is 10.8. The topological polar surface area (TPSA) is 47.3 Å². The summed E-state index contributed by atoms with van der Waals surface area (Å²) in [6.45, 7) is 0.839. The van der Waals surface area contributed by atoms with Gasteiger partial charge in [-0.25, -0.2) is 0 Å². The van der Waals surface area contributed by atoms with Crippen molar-refractivity contribution in [2.45, 2.75) is 18.4 Å². The molecule has 0 heterocycles. The van der Waals surface area contributed by atoms with E-state index >= 15 is 0 Å². The van der Waals surface area contributed by atoms with Crippen molar-refractivity contribution in [3.05, 3.63) is 54.6 Å². The summed E-state index contributed by atoms with van der Waals surface area (Å²) in [5, 5.41) is 3.36. The molecule has 0 radical (unpaired) electrons. The molecule has 1 saturated carbocycles. The maximum Gasteiger partial charge on any atom is 0.127 e. The van der Waals surface area contributed by atoms with E-state index < -0.39 is 0 Å². The highest BCUT2D eigenvalue weighted by Crippen LogP contribution is 2.32. The first-order valence-electron chi connectivity index (χ1n) is 6.59. The Kier molecular flexibility index (Phi) is 3.13. The summed E-state index contributed by atoms with van der Waals surface area (Å²) in [5.41, 5.74) is 7.15. The van der Waals surface area contributed by atoms with Crippen molar-refractivity contribution in [2.75, 3.05) is 11.9 Å². The molecule has 0 spiro atoms. The van der Waals surface area contributed by atoms with Crippen LogP contribution < -0.4 is 15.8 Å². The number of nitrogens with two attached hydrogens (primary N) is 1. The van der Waals surface area contributed by atoms with Gasteiger partial charge < -0.3 is 15.8 Å². The Morgan fingerprint density at radius 3 is 2.21 bits per heavy atom. The molecule has 3 N–H and O–H groups in total. The number of para-hydroxylation sites is 1. The first-order valence-corrected chi connectivity index (χ1v) is 6.59. The van der Waals surface area contributed by atoms with Crippen LogP contribution in [-0.2, 0) is 0 Å². The van der Waals surface area contributed by atoms with Gasteiger partial charge in [-0.2, -0.15) is 0 Å². The molecule has 1 fully saturated rings. The summed E-state index contributed by atoms with van der Waals surface area (Å²) in [4.78, 5) is 0. The number of ether oxygens (including phenoxy) is 1. The molecular formula is C16H18N2O. The van der Waals surface area contributed by atoms with E-state index in [2.05, 4.69) is 5.32 Å². The molecule has 0 bridgehead atoms. The SMILES string of the molecule is NC1(CNc2ccc(Oc3ccccc3)cc2)CC1. The van der Waals surface area contributed by atoms with Crippen molar-refractivity contribution >= 4 is 5.69 Å². The van der Waals surface area contributed by atoms with Crippen LogP contribution in [0, 0.1) is 0 Å². The van der Waals surface area contributed by atoms with Crippen molar-refractivity contribution in [2.24, 2.45) is 5.73 Å². The van der Waals surface area contributed by atoms with E-state index in [1.54, 1.807) is 0 Å². The molecular weight excluding hydrogens is 236 g/mol. The molecule has 1 aliphatic carbocycles. The third-order valence-corrected chi connectivity index (χ3v) is 3.37. The zero-order chi connectivity index (χ0) is 13.1. The smallest absolute Gasteiger partial charge is 0.127 e. The molecule has 0 unspecified atom stereocenters. The van der Waals surface area contributed by atoms with Crippen molar-refractivity contribution in [3.63, 3.8) is 0 Å². The number of rotatable bonds is 5. The lowest BCUT2D eigenvalue weighted by molar-refractivity contribution is 0.483. The Hall–Kier alpha value is -2.00. The molecule has 0 saturated heterocycles. The van der Waals surface area contributed by atoms with Crippen LogP contribution in [0.2, 0.25) is 0 Å². The van der Waals surface area contributed by atoms with E-state index in [9.17, 15) is 0 Å². The van der Waals surface area contributed by atoms with Crippen molar-refractivity contribution in [1.82, 2.24) is 0 Å². The Balaban J connectivity index is 1.59. The highest BCUT2D eigenvalue weighted by molar-refractivity contribution is 5.47. The Labute approximate surface area is 113 Å². The van der Waals surface area contributed by atoms with E-state index in [4.69, 9.17) is 10.5 Å². The second-order valence-electron chi connectivity index (χ2n) is 5.16. The molecule has 3 nitrogen and oxygen atoms in total. The second kappa shape index (κ2) is 4.94. The fourth-order valence-electron chi connectivity index (χ4n) is 1.88. The maximum absolute atomic E-state index is 6.04. The molecule has 19 heavy (non-hydrogen) atoms. The quantitative estimate of drug-likeness (QED) is 0.860. The Morgan fingerprint density at radius 1 is 0.947 bits per heavy atom. The van der Waals surface area contributed by atoms with Crippen molar-refractivity contribution in [3.8, 4) is 11.5 Å². The summed E-state index contributed by atoms with van der Waals surface area (Å²) in [6, 6.07) is 17.7. The minimum atomic E-state index is 0.0270. The van der Waals surface area contributed by atoms with Gasteiger partial charge in [0.1, 0.15) is 11.5 Å². The monoisotopic (exact) mass is 254 g/mol. The molecule has 3 heteroatoms. The highest BCUT2D eigenvalue weighted by Gasteiger charge is 2.37. The van der Waals surface area contributed by atoms with E-state index in [0.29, 0.717) is 0 Å². The predicted molar refractivity (Wildman–Crippen MR) is 77.6 cm³/mol. The fraction of sp³-hybridized carbons (Fsp3) is 0.250. The van der Waals surface area contributed by atoms with Gasteiger partial charge in [0, 0.05) is 17.8 Å². The van der Waals surface area contributed by atoms with Gasteiger partial charge >= 0.3 is 0 Å². The minimum Gasteiger partial charge on any atom is -0.457 e. The Bertz CT molecular complexity index is 532. The van der Waals surface area contributed by atoms with Crippen LogP contribution in [0.4, 0.5) is 5.69 Å². The van der Waals surface area contributed by atoms with Crippen molar-refractivity contribution < 1.29 is 4.74 Å². The molecule has 2 aromatic rings. The average molecular weight is 254 g/mol. The van der Waals surface area contributed by atoms with Crippen LogP contribution in [0.15, 0.2) is 54.6 Å². The van der Waals surface area contributed by atoms with Gasteiger partial charge in [-0.15, -0.1) is 0 Å². The highest BCUT2D eigenvalue weighted by atomic mass is 16.5. The second-order valence-corrected chi connectivity index (χ2v) is 5.16. The first kappa shape index (κ1) is 12.1. The van der Waals surface area contributed by atoms with Gasteiger partial charge in [-0.3, -0.25) is 0 Å². The largest absolute Gasteiger partial charge is 0.457 e. The lowest BCUT2D eigenvalue weighted by Gasteiger charge is -2.12. The van der Waals surface area contributed by atoms with E-state index in [0.717, 1.165) is 36.6 Å². The molecule has 0 aliphatic heterocycles. The number of hydrogen-bond donors (Lipinski definition) is 2. The molecule has 98 valence electrons. The van der Waals surface area contributed by atoms with E-state index in [1.165, 1.54) is 0 Å². The third kappa shape index (κ3) is 3.26. The molecule has 0 aromatic heterocycles. The normalized spacial score (nSPS) is 15.8. The fourth-order valence-corrected chi connectivity index (χ4v) is 1.88. The lowest BCUT2D eigenvalue weighted by atomic mass is 10.2. The maximum atomic E-state index is 6.04. The third-order valence-electron chi connectivity index (χ3n) is 3.37. The number of nitrogens with one attached hydrogen (secondary N) is 1. The van der Waals surface area contributed by atoms with Crippen LogP contribution in [0.5, 0.6) is 11.5 Å². The zero-order valence-corrected chi connectivity index (χ0v) is 10.8. The van der Waals surface area contributed by atoms with Gasteiger partial charge in [0.05, 0.1) is 0 Å². The first-order chi connectivity index (χ1) is 9.23. The van der Waals surface area contributed by atoms with E-state index in [-0.39, 0.29) is 5.54 Å². The molecule has 1 aliphatic rings. The van der Waals surface area contributed by atoms with Gasteiger partial charge in [0.2, 0.25) is 0 Å². The number of hydrogen-bond acceptors (Lipinski definition) is 3. The van der Waals surface area contributed by atoms with Gasteiger partial charge in [0.25, 0.3) is 0 Å². The minimum absolute atomic E-state index is 0.0270. The van der Waals surface area contributed by atoms with Gasteiger partial charge in [-0.05, 0) is 49.2 Å². The predicted octanol–water partition coefficient (Wildman–Crippen LogP) is 3.38. The van der Waals surface area contributed by atoms with Crippen LogP contribution in [0.1, 0.15) is 12.8 Å². The van der Waals surface area contributed by atoms with Crippen LogP contribution in [0.3, 0.4) is 0 Å². The number of benzene rings is 2. The molecule has 3 rings (SSSR count). The molecule has 0 amide bonds. The van der Waals surface area contributed by atoms with E-state index in [1.807, 2.05) is 54.6 Å². The van der Waals surface area contributed by atoms with Crippen LogP contribution in [-0.4, -0.2) is 12.1 Å². The van der Waals surface area contributed by atoms with Gasteiger partial charge in [-0.1, -0.05) is 18.2 Å². The Morgan fingerprint density at radius 2 is 1.58 bits per heavy atom. The average Bonchev–Trinajstić information content (AvgIpc) is 3.18. The molecule has 2 aromatic carbocycles. The van der Waals surface area contributed by atoms with Crippen LogP contribution >= 0.6 is 0 Å². The van der Waals surface area contributed by atoms with Crippen LogP contribution in [0.25, 0.3) is 0 Å². The molecule has 0 atom stereocenters. The summed E-state index contributed by atoms with van der Waals surface area (Å²) in [6.07, 6.45) is 2.24. The standard InChI is InChI=1S/C16H18N2O/c17-16(10-11-16)12-18-13-6-8-15(9-7-13)19-14-4-2-1-3-5-14/h1-9,18H,10-12,17H2.